The molecule has 0 bridgehead atoms. The lowest BCUT2D eigenvalue weighted by atomic mass is 10.1. The quantitative estimate of drug-likeness (QED) is 0.565. The van der Waals surface area contributed by atoms with Gasteiger partial charge in [0, 0.05) is 18.5 Å². The zero-order valence-electron chi connectivity index (χ0n) is 15.1. The Kier molecular flexibility index (Phi) is 7.30. The van der Waals surface area contributed by atoms with Crippen molar-refractivity contribution >= 4 is 19.2 Å². The van der Waals surface area contributed by atoms with E-state index in [1.807, 2.05) is 61.5 Å². The van der Waals surface area contributed by atoms with Crippen LogP contribution in [0.1, 0.15) is 37.8 Å². The number of hydrazine groups is 1. The van der Waals surface area contributed by atoms with Crippen LogP contribution in [-0.4, -0.2) is 10.7 Å². The molecule has 1 unspecified atom stereocenters. The molecule has 2 rings (SSSR count). The minimum absolute atomic E-state index is 0.131. The molecule has 2 aromatic rings. The molecule has 1 atom stereocenters. The van der Waals surface area contributed by atoms with Gasteiger partial charge in [0.25, 0.3) is 5.91 Å². The summed E-state index contributed by atoms with van der Waals surface area (Å²) in [6, 6.07) is 17.3. The van der Waals surface area contributed by atoms with E-state index in [0.717, 1.165) is 17.5 Å². The van der Waals surface area contributed by atoms with Crippen molar-refractivity contribution in [3.8, 4) is 0 Å². The molecular formula is C20H26N2O2P+. The number of aryl methyl sites for hydroxylation is 1. The van der Waals surface area contributed by atoms with Crippen LogP contribution in [0.5, 0.6) is 0 Å². The number of nitrogens with one attached hydrogen (secondary N) is 1. The van der Waals surface area contributed by atoms with Crippen LogP contribution in [0.25, 0.3) is 0 Å². The maximum atomic E-state index is 13.1. The van der Waals surface area contributed by atoms with Gasteiger partial charge in [-0.25, -0.2) is 0 Å². The van der Waals surface area contributed by atoms with Crippen LogP contribution >= 0.6 is 7.95 Å². The van der Waals surface area contributed by atoms with Crippen molar-refractivity contribution in [3.05, 3.63) is 65.7 Å². The van der Waals surface area contributed by atoms with Gasteiger partial charge in [-0.3, -0.25) is 4.79 Å². The first-order chi connectivity index (χ1) is 12.0. The summed E-state index contributed by atoms with van der Waals surface area (Å²) in [5, 5.41) is 0.691. The van der Waals surface area contributed by atoms with E-state index in [2.05, 4.69) is 19.3 Å². The van der Waals surface area contributed by atoms with Gasteiger partial charge in [0.05, 0.1) is 0 Å². The fourth-order valence-corrected chi connectivity index (χ4v) is 3.73. The minimum atomic E-state index is -2.00. The van der Waals surface area contributed by atoms with Crippen LogP contribution in [0, 0.1) is 12.8 Å². The van der Waals surface area contributed by atoms with E-state index in [1.54, 1.807) is 0 Å². The van der Waals surface area contributed by atoms with Gasteiger partial charge in [-0.05, 0) is 35.5 Å². The molecule has 0 aliphatic carbocycles. The van der Waals surface area contributed by atoms with Gasteiger partial charge in [0.1, 0.15) is 0 Å². The first-order valence-electron chi connectivity index (χ1n) is 8.62. The molecule has 0 aliphatic heterocycles. The highest BCUT2D eigenvalue weighted by molar-refractivity contribution is 7.51. The third-order valence-corrected chi connectivity index (χ3v) is 5.59. The van der Waals surface area contributed by atoms with E-state index in [-0.39, 0.29) is 5.91 Å². The Balaban J connectivity index is 2.17. The second-order valence-corrected chi connectivity index (χ2v) is 7.95. The maximum absolute atomic E-state index is 13.1. The van der Waals surface area contributed by atoms with Gasteiger partial charge >= 0.3 is 7.95 Å². The number of carbonyl (C=O) groups excluding carboxylic acids is 1. The predicted octanol–water partition coefficient (Wildman–Crippen LogP) is 4.33. The smallest absolute Gasteiger partial charge is 0.269 e. The molecule has 1 N–H and O–H groups in total. The molecule has 0 spiro atoms. The number of hydrogen-bond donors (Lipinski definition) is 1. The highest BCUT2D eigenvalue weighted by Crippen LogP contribution is 2.27. The minimum Gasteiger partial charge on any atom is -0.269 e. The average Bonchev–Trinajstić information content (AvgIpc) is 2.61. The molecule has 0 radical (unpaired) electrons. The number of carbonyl (C=O) groups is 1. The molecule has 0 aliphatic rings. The molecule has 1 amide bonds. The Hall–Kier alpha value is -2.03. The normalized spacial score (nSPS) is 11.4. The van der Waals surface area contributed by atoms with Crippen LogP contribution in [-0.2, 0) is 15.9 Å². The fraction of sp³-hybridized carbons (Fsp3) is 0.350. The van der Waals surface area contributed by atoms with Crippen molar-refractivity contribution in [2.45, 2.75) is 40.2 Å². The molecule has 0 aromatic heterocycles. The Labute approximate surface area is 151 Å². The second-order valence-electron chi connectivity index (χ2n) is 6.52. The van der Waals surface area contributed by atoms with Crippen LogP contribution < -0.4 is 10.7 Å². The summed E-state index contributed by atoms with van der Waals surface area (Å²) in [5.74, 6) is 0.297. The molecule has 0 saturated heterocycles. The van der Waals surface area contributed by atoms with Gasteiger partial charge in [0.2, 0.25) is 5.30 Å². The summed E-state index contributed by atoms with van der Waals surface area (Å²) in [7, 11) is -2.00. The van der Waals surface area contributed by atoms with Crippen molar-refractivity contribution in [3.63, 3.8) is 0 Å². The summed E-state index contributed by atoms with van der Waals surface area (Å²) >= 11 is 0. The lowest BCUT2D eigenvalue weighted by Crippen LogP contribution is -2.39. The van der Waals surface area contributed by atoms with Crippen molar-refractivity contribution < 1.29 is 9.36 Å². The molecule has 0 saturated carbocycles. The van der Waals surface area contributed by atoms with E-state index in [0.29, 0.717) is 24.2 Å². The number of rotatable bonds is 8. The van der Waals surface area contributed by atoms with Crippen LogP contribution in [0.2, 0.25) is 0 Å². The Morgan fingerprint density at radius 1 is 1.08 bits per heavy atom. The number of hydrogen-bond acceptors (Lipinski definition) is 3. The Morgan fingerprint density at radius 2 is 1.72 bits per heavy atom. The topological polar surface area (TPSA) is 49.4 Å². The summed E-state index contributed by atoms with van der Waals surface area (Å²) in [5.41, 5.74) is 5.05. The molecule has 5 heteroatoms. The van der Waals surface area contributed by atoms with E-state index in [4.69, 9.17) is 0 Å². The molecule has 2 aromatic carbocycles. The van der Waals surface area contributed by atoms with Gasteiger partial charge in [-0.15, -0.1) is 0 Å². The summed E-state index contributed by atoms with van der Waals surface area (Å²) in [4.78, 5) is 12.7. The predicted molar refractivity (Wildman–Crippen MR) is 103 cm³/mol. The van der Waals surface area contributed by atoms with Gasteiger partial charge < -0.3 is 0 Å². The van der Waals surface area contributed by atoms with E-state index in [9.17, 15) is 9.36 Å². The monoisotopic (exact) mass is 357 g/mol. The third kappa shape index (κ3) is 5.77. The van der Waals surface area contributed by atoms with E-state index >= 15 is 0 Å². The Morgan fingerprint density at radius 3 is 2.36 bits per heavy atom. The van der Waals surface area contributed by atoms with E-state index < -0.39 is 7.95 Å². The van der Waals surface area contributed by atoms with Crippen molar-refractivity contribution in [1.82, 2.24) is 10.2 Å². The second kappa shape index (κ2) is 9.45. The standard InChI is InChI=1S/C20H26N2O2P/c1-16(2)13-14-20(23)22(21-15-18-10-5-4-6-11-18)25(24)19-12-8-7-9-17(19)3/h4-12,16,21H,13-15H2,1-3H3/q+1. The van der Waals surface area contributed by atoms with Crippen molar-refractivity contribution in [2.24, 2.45) is 5.92 Å². The highest BCUT2D eigenvalue weighted by Gasteiger charge is 2.36. The largest absolute Gasteiger partial charge is 0.520 e. The Bertz CT molecular complexity index is 717. The molecule has 25 heavy (non-hydrogen) atoms. The zero-order chi connectivity index (χ0) is 18.2. The first-order valence-corrected chi connectivity index (χ1v) is 9.83. The highest BCUT2D eigenvalue weighted by atomic mass is 31.1. The van der Waals surface area contributed by atoms with Crippen molar-refractivity contribution in [2.75, 3.05) is 0 Å². The first kappa shape index (κ1) is 19.3. The SMILES string of the molecule is Cc1ccccc1[P+](=O)N(NCc1ccccc1)C(=O)CCC(C)C. The molecule has 0 fully saturated rings. The zero-order valence-corrected chi connectivity index (χ0v) is 16.0. The fourth-order valence-electron chi connectivity index (χ4n) is 2.42. The third-order valence-electron chi connectivity index (χ3n) is 3.95. The summed E-state index contributed by atoms with van der Waals surface area (Å²) < 4.78 is 14.4. The summed E-state index contributed by atoms with van der Waals surface area (Å²) in [6.07, 6.45) is 1.16. The molecular weight excluding hydrogens is 331 g/mol. The molecule has 0 heterocycles. The number of nitrogens with zero attached hydrogens (tertiary/aromatic N) is 1. The van der Waals surface area contributed by atoms with E-state index in [1.165, 1.54) is 4.78 Å². The average molecular weight is 357 g/mol. The maximum Gasteiger partial charge on any atom is 0.520 e. The van der Waals surface area contributed by atoms with Crippen molar-refractivity contribution in [1.29, 1.82) is 0 Å². The van der Waals surface area contributed by atoms with Gasteiger partial charge in [-0.2, -0.15) is 5.43 Å². The van der Waals surface area contributed by atoms with Gasteiger partial charge in [0.15, 0.2) is 0 Å². The van der Waals surface area contributed by atoms with Crippen LogP contribution in [0.15, 0.2) is 54.6 Å². The molecule has 4 nitrogen and oxygen atoms in total. The van der Waals surface area contributed by atoms with Crippen LogP contribution in [0.4, 0.5) is 0 Å². The number of benzene rings is 2. The number of amides is 1. The molecule has 132 valence electrons. The summed E-state index contributed by atoms with van der Waals surface area (Å²) in [6.45, 7) is 6.53. The lowest BCUT2D eigenvalue weighted by molar-refractivity contribution is -0.128. The lowest BCUT2D eigenvalue weighted by Gasteiger charge is -2.14. The van der Waals surface area contributed by atoms with Crippen LogP contribution in [0.3, 0.4) is 0 Å². The van der Waals surface area contributed by atoms with Gasteiger partial charge in [-0.1, -0.05) is 67.2 Å².